The molecule has 0 unspecified atom stereocenters. The molecule has 1 saturated carbocycles. The second-order valence-corrected chi connectivity index (χ2v) is 6.01. The summed E-state index contributed by atoms with van der Waals surface area (Å²) in [5.74, 6) is 0.644. The quantitative estimate of drug-likeness (QED) is 0.732. The van der Waals surface area contributed by atoms with Crippen LogP contribution in [0.25, 0.3) is 0 Å². The first kappa shape index (κ1) is 16.4. The van der Waals surface area contributed by atoms with E-state index in [4.69, 9.17) is 4.74 Å². The van der Waals surface area contributed by atoms with Gasteiger partial charge in [-0.05, 0) is 50.4 Å². The highest BCUT2D eigenvalue weighted by Gasteiger charge is 2.26. The number of aromatic nitrogens is 1. The van der Waals surface area contributed by atoms with Crippen LogP contribution in [0.15, 0.2) is 24.4 Å². The second kappa shape index (κ2) is 9.16. The Morgan fingerprint density at radius 1 is 1.19 bits per heavy atom. The number of rotatable bonds is 8. The molecule has 21 heavy (non-hydrogen) atoms. The lowest BCUT2D eigenvalue weighted by Gasteiger charge is -2.32. The summed E-state index contributed by atoms with van der Waals surface area (Å²) in [4.78, 5) is 6.91. The molecule has 0 spiro atoms. The molecule has 0 bridgehead atoms. The van der Waals surface area contributed by atoms with Crippen molar-refractivity contribution in [2.24, 2.45) is 5.92 Å². The molecule has 0 N–H and O–H groups in total. The number of pyridine rings is 1. The van der Waals surface area contributed by atoms with Crippen LogP contribution in [0.3, 0.4) is 0 Å². The van der Waals surface area contributed by atoms with Gasteiger partial charge in [-0.25, -0.2) is 0 Å². The third-order valence-electron chi connectivity index (χ3n) is 4.67. The van der Waals surface area contributed by atoms with Gasteiger partial charge in [0.25, 0.3) is 0 Å². The predicted molar refractivity (Wildman–Crippen MR) is 87.4 cm³/mol. The highest BCUT2D eigenvalue weighted by molar-refractivity contribution is 5.05. The van der Waals surface area contributed by atoms with Crippen molar-refractivity contribution in [1.82, 2.24) is 9.88 Å². The molecule has 1 fully saturated rings. The molecule has 0 aliphatic heterocycles. The van der Waals surface area contributed by atoms with E-state index < -0.39 is 0 Å². The van der Waals surface area contributed by atoms with E-state index in [2.05, 4.69) is 35.9 Å². The number of hydrogen-bond donors (Lipinski definition) is 0. The maximum Gasteiger partial charge on any atom is 0.0607 e. The van der Waals surface area contributed by atoms with Crippen molar-refractivity contribution in [2.45, 2.75) is 52.1 Å². The lowest BCUT2D eigenvalue weighted by Crippen LogP contribution is -2.33. The maximum absolute atomic E-state index is 6.23. The van der Waals surface area contributed by atoms with E-state index in [1.807, 2.05) is 12.3 Å². The molecule has 2 atom stereocenters. The maximum atomic E-state index is 6.23. The first-order chi connectivity index (χ1) is 10.3. The van der Waals surface area contributed by atoms with Crippen LogP contribution in [0.5, 0.6) is 0 Å². The first-order valence-corrected chi connectivity index (χ1v) is 8.57. The van der Waals surface area contributed by atoms with Gasteiger partial charge in [0.05, 0.1) is 12.7 Å². The van der Waals surface area contributed by atoms with E-state index in [1.54, 1.807) is 0 Å². The molecule has 1 aromatic rings. The number of nitrogens with zero attached hydrogens (tertiary/aromatic N) is 2. The molecule has 1 heterocycles. The van der Waals surface area contributed by atoms with E-state index in [9.17, 15) is 0 Å². The minimum Gasteiger partial charge on any atom is -0.377 e. The fourth-order valence-corrected chi connectivity index (χ4v) is 3.29. The first-order valence-electron chi connectivity index (χ1n) is 8.57. The zero-order chi connectivity index (χ0) is 14.9. The molecule has 1 aromatic heterocycles. The van der Waals surface area contributed by atoms with Gasteiger partial charge in [0.15, 0.2) is 0 Å². The molecule has 118 valence electrons. The summed E-state index contributed by atoms with van der Waals surface area (Å²) in [6, 6.07) is 6.21. The van der Waals surface area contributed by atoms with Gasteiger partial charge in [-0.2, -0.15) is 0 Å². The van der Waals surface area contributed by atoms with Crippen LogP contribution in [-0.2, 0) is 11.2 Å². The molecule has 0 saturated heterocycles. The Balaban J connectivity index is 1.81. The van der Waals surface area contributed by atoms with Crippen LogP contribution in [0.4, 0.5) is 0 Å². The van der Waals surface area contributed by atoms with Gasteiger partial charge in [0.2, 0.25) is 0 Å². The molecule has 1 aliphatic rings. The molecule has 0 amide bonds. The monoisotopic (exact) mass is 290 g/mol. The Labute approximate surface area is 129 Å². The molecule has 0 aromatic carbocycles. The average molecular weight is 290 g/mol. The smallest absolute Gasteiger partial charge is 0.0607 e. The largest absolute Gasteiger partial charge is 0.377 e. The van der Waals surface area contributed by atoms with Gasteiger partial charge in [-0.3, -0.25) is 4.98 Å². The fraction of sp³-hybridized carbons (Fsp3) is 0.722. The number of hydrogen-bond acceptors (Lipinski definition) is 3. The van der Waals surface area contributed by atoms with Gasteiger partial charge < -0.3 is 9.64 Å². The van der Waals surface area contributed by atoms with Crippen LogP contribution >= 0.6 is 0 Å². The molecule has 1 aliphatic carbocycles. The Hall–Kier alpha value is -0.930. The lowest BCUT2D eigenvalue weighted by atomic mass is 9.83. The van der Waals surface area contributed by atoms with Gasteiger partial charge in [0, 0.05) is 18.4 Å². The van der Waals surface area contributed by atoms with E-state index in [-0.39, 0.29) is 0 Å². The number of ether oxygens (including phenoxy) is 1. The van der Waals surface area contributed by atoms with Crippen molar-refractivity contribution in [2.75, 3.05) is 26.2 Å². The molecule has 3 heteroatoms. The van der Waals surface area contributed by atoms with Gasteiger partial charge >= 0.3 is 0 Å². The van der Waals surface area contributed by atoms with Crippen molar-refractivity contribution in [3.8, 4) is 0 Å². The van der Waals surface area contributed by atoms with Gasteiger partial charge in [-0.1, -0.05) is 32.8 Å². The van der Waals surface area contributed by atoms with Gasteiger partial charge in [-0.15, -0.1) is 0 Å². The highest BCUT2D eigenvalue weighted by atomic mass is 16.5. The summed E-state index contributed by atoms with van der Waals surface area (Å²) >= 11 is 0. The molecule has 3 nitrogen and oxygen atoms in total. The Bertz CT molecular complexity index is 378. The molecule has 0 radical (unpaired) electrons. The van der Waals surface area contributed by atoms with Crippen LogP contribution in [0.1, 0.15) is 45.2 Å². The standard InChI is InChI=1S/C18H30N2O/c1-3-20(4-2)13-14-21-18-11-6-5-9-16(18)15-17-10-7-8-12-19-17/h7-8,10,12,16,18H,3-6,9,11,13-15H2,1-2H3/t16-,18+/m0/s1. The summed E-state index contributed by atoms with van der Waals surface area (Å²) in [6.45, 7) is 8.58. The van der Waals surface area contributed by atoms with Crippen LogP contribution < -0.4 is 0 Å². The van der Waals surface area contributed by atoms with Crippen molar-refractivity contribution < 1.29 is 4.74 Å². The normalized spacial score (nSPS) is 22.6. The summed E-state index contributed by atoms with van der Waals surface area (Å²) in [6.07, 6.45) is 8.55. The zero-order valence-corrected chi connectivity index (χ0v) is 13.6. The van der Waals surface area contributed by atoms with Gasteiger partial charge in [0.1, 0.15) is 0 Å². The zero-order valence-electron chi connectivity index (χ0n) is 13.6. The third-order valence-corrected chi connectivity index (χ3v) is 4.67. The predicted octanol–water partition coefficient (Wildman–Crippen LogP) is 3.54. The SMILES string of the molecule is CCN(CC)CCO[C@@H]1CCCC[C@H]1Cc1ccccn1. The Kier molecular flexibility index (Phi) is 7.17. The van der Waals surface area contributed by atoms with E-state index in [1.165, 1.54) is 31.4 Å². The molecular formula is C18H30N2O. The van der Waals surface area contributed by atoms with Crippen molar-refractivity contribution >= 4 is 0 Å². The topological polar surface area (TPSA) is 25.4 Å². The van der Waals surface area contributed by atoms with Crippen molar-refractivity contribution in [3.05, 3.63) is 30.1 Å². The minimum absolute atomic E-state index is 0.427. The highest BCUT2D eigenvalue weighted by Crippen LogP contribution is 2.29. The van der Waals surface area contributed by atoms with Crippen LogP contribution in [-0.4, -0.2) is 42.2 Å². The Morgan fingerprint density at radius 2 is 2.00 bits per heavy atom. The molecule has 2 rings (SSSR count). The van der Waals surface area contributed by atoms with Crippen LogP contribution in [0.2, 0.25) is 0 Å². The molecular weight excluding hydrogens is 260 g/mol. The summed E-state index contributed by atoms with van der Waals surface area (Å²) < 4.78 is 6.23. The summed E-state index contributed by atoms with van der Waals surface area (Å²) in [5.41, 5.74) is 1.21. The second-order valence-electron chi connectivity index (χ2n) is 6.01. The van der Waals surface area contributed by atoms with E-state index in [0.29, 0.717) is 12.0 Å². The van der Waals surface area contributed by atoms with E-state index >= 15 is 0 Å². The fourth-order valence-electron chi connectivity index (χ4n) is 3.29. The summed E-state index contributed by atoms with van der Waals surface area (Å²) in [5, 5.41) is 0. The van der Waals surface area contributed by atoms with E-state index in [0.717, 1.165) is 32.7 Å². The van der Waals surface area contributed by atoms with Crippen molar-refractivity contribution in [3.63, 3.8) is 0 Å². The van der Waals surface area contributed by atoms with Crippen LogP contribution in [0, 0.1) is 5.92 Å². The third kappa shape index (κ3) is 5.40. The summed E-state index contributed by atoms with van der Waals surface area (Å²) in [7, 11) is 0. The lowest BCUT2D eigenvalue weighted by molar-refractivity contribution is -0.0185. The minimum atomic E-state index is 0.427. The number of likely N-dealkylation sites (N-methyl/N-ethyl adjacent to an activating group) is 1. The average Bonchev–Trinajstić information content (AvgIpc) is 2.54. The van der Waals surface area contributed by atoms with Crippen molar-refractivity contribution in [1.29, 1.82) is 0 Å². The Morgan fingerprint density at radius 3 is 2.71 bits per heavy atom.